The summed E-state index contributed by atoms with van der Waals surface area (Å²) < 4.78 is 0. The summed E-state index contributed by atoms with van der Waals surface area (Å²) in [5, 5.41) is 0. The molecule has 1 amide bonds. The zero-order valence-corrected chi connectivity index (χ0v) is 7.77. The molecule has 0 radical (unpaired) electrons. The van der Waals surface area contributed by atoms with Gasteiger partial charge in [0.1, 0.15) is 5.88 Å². The molecule has 11 heavy (non-hydrogen) atoms. The normalized spacial score (nSPS) is 31.0. The number of halogens is 1. The van der Waals surface area contributed by atoms with Crippen LogP contribution >= 0.6 is 11.6 Å². The minimum Gasteiger partial charge on any atom is -0.336 e. The summed E-state index contributed by atoms with van der Waals surface area (Å²) in [7, 11) is 0. The van der Waals surface area contributed by atoms with E-state index in [1.807, 2.05) is 4.90 Å². The van der Waals surface area contributed by atoms with Crippen LogP contribution in [0.3, 0.4) is 0 Å². The van der Waals surface area contributed by atoms with Gasteiger partial charge in [0, 0.05) is 12.1 Å². The third-order valence-corrected chi connectivity index (χ3v) is 2.58. The maximum Gasteiger partial charge on any atom is 0.237 e. The maximum absolute atomic E-state index is 11.2. The van der Waals surface area contributed by atoms with E-state index < -0.39 is 0 Å². The van der Waals surface area contributed by atoms with Crippen molar-refractivity contribution in [2.45, 2.75) is 38.8 Å². The van der Waals surface area contributed by atoms with E-state index in [0.29, 0.717) is 12.1 Å². The lowest BCUT2D eigenvalue weighted by molar-refractivity contribution is -0.130. The van der Waals surface area contributed by atoms with E-state index in [9.17, 15) is 4.79 Å². The number of likely N-dealkylation sites (tertiary alicyclic amines) is 1. The fraction of sp³-hybridized carbons (Fsp3) is 0.875. The van der Waals surface area contributed by atoms with Gasteiger partial charge in [-0.25, -0.2) is 0 Å². The number of nitrogens with zero attached hydrogens (tertiary/aromatic N) is 1. The van der Waals surface area contributed by atoms with Crippen LogP contribution < -0.4 is 0 Å². The Hall–Kier alpha value is -0.240. The molecular formula is C8H14ClNO. The van der Waals surface area contributed by atoms with Gasteiger partial charge >= 0.3 is 0 Å². The van der Waals surface area contributed by atoms with E-state index in [-0.39, 0.29) is 11.8 Å². The molecule has 1 rings (SSSR count). The highest BCUT2D eigenvalue weighted by Crippen LogP contribution is 2.23. The average molecular weight is 176 g/mol. The average Bonchev–Trinajstić information content (AvgIpc) is 2.30. The topological polar surface area (TPSA) is 20.3 Å². The molecule has 0 aromatic heterocycles. The van der Waals surface area contributed by atoms with E-state index >= 15 is 0 Å². The first-order valence-electron chi connectivity index (χ1n) is 4.04. The van der Waals surface area contributed by atoms with Crippen molar-refractivity contribution in [1.82, 2.24) is 4.90 Å². The lowest BCUT2D eigenvalue weighted by Crippen LogP contribution is -2.39. The van der Waals surface area contributed by atoms with Crippen LogP contribution in [0.5, 0.6) is 0 Å². The standard InChI is InChI=1S/C8H14ClNO/c1-6-3-4-7(2)10(6)8(11)5-9/h6-7H,3-5H2,1-2H3. The van der Waals surface area contributed by atoms with Gasteiger partial charge in [-0.1, -0.05) is 0 Å². The molecule has 1 aliphatic rings. The first-order chi connectivity index (χ1) is 5.16. The van der Waals surface area contributed by atoms with E-state index in [4.69, 9.17) is 11.6 Å². The minimum absolute atomic E-state index is 0.0733. The molecule has 0 aliphatic carbocycles. The number of hydrogen-bond acceptors (Lipinski definition) is 1. The second-order valence-electron chi connectivity index (χ2n) is 3.21. The van der Waals surface area contributed by atoms with Crippen LogP contribution in [0.4, 0.5) is 0 Å². The highest BCUT2D eigenvalue weighted by atomic mass is 35.5. The largest absolute Gasteiger partial charge is 0.336 e. The SMILES string of the molecule is CC1CCC(C)N1C(=O)CCl. The molecule has 64 valence electrons. The second-order valence-corrected chi connectivity index (χ2v) is 3.48. The Balaban J connectivity index is 2.60. The van der Waals surface area contributed by atoms with Crippen LogP contribution in [0.25, 0.3) is 0 Å². The van der Waals surface area contributed by atoms with Gasteiger partial charge in [-0.05, 0) is 26.7 Å². The van der Waals surface area contributed by atoms with Crippen LogP contribution in [-0.2, 0) is 4.79 Å². The summed E-state index contributed by atoms with van der Waals surface area (Å²) >= 11 is 5.47. The summed E-state index contributed by atoms with van der Waals surface area (Å²) in [5.41, 5.74) is 0. The zero-order valence-electron chi connectivity index (χ0n) is 7.01. The molecule has 0 aromatic rings. The molecule has 0 bridgehead atoms. The van der Waals surface area contributed by atoms with Crippen LogP contribution in [0.1, 0.15) is 26.7 Å². The fourth-order valence-electron chi connectivity index (χ4n) is 1.76. The first-order valence-corrected chi connectivity index (χ1v) is 4.57. The molecule has 0 aromatic carbocycles. The molecule has 2 atom stereocenters. The van der Waals surface area contributed by atoms with E-state index in [0.717, 1.165) is 12.8 Å². The quantitative estimate of drug-likeness (QED) is 0.555. The van der Waals surface area contributed by atoms with Crippen LogP contribution in [0.15, 0.2) is 0 Å². The Morgan fingerprint density at radius 2 is 1.91 bits per heavy atom. The highest BCUT2D eigenvalue weighted by Gasteiger charge is 2.30. The van der Waals surface area contributed by atoms with Crippen molar-refractivity contribution in [3.8, 4) is 0 Å². The van der Waals surface area contributed by atoms with Crippen LogP contribution in [0.2, 0.25) is 0 Å². The second kappa shape index (κ2) is 3.44. The van der Waals surface area contributed by atoms with Crippen molar-refractivity contribution in [2.24, 2.45) is 0 Å². The van der Waals surface area contributed by atoms with E-state index in [2.05, 4.69) is 13.8 Å². The Kier molecular flexibility index (Phi) is 2.77. The number of carbonyl (C=O) groups is 1. The van der Waals surface area contributed by atoms with Crippen molar-refractivity contribution < 1.29 is 4.79 Å². The van der Waals surface area contributed by atoms with Gasteiger partial charge in [0.2, 0.25) is 5.91 Å². The molecule has 0 saturated carbocycles. The number of alkyl halides is 1. The smallest absolute Gasteiger partial charge is 0.237 e. The van der Waals surface area contributed by atoms with Crippen molar-refractivity contribution >= 4 is 17.5 Å². The monoisotopic (exact) mass is 175 g/mol. The van der Waals surface area contributed by atoms with Crippen molar-refractivity contribution in [1.29, 1.82) is 0 Å². The molecule has 3 heteroatoms. The predicted octanol–water partition coefficient (Wildman–Crippen LogP) is 1.62. The summed E-state index contributed by atoms with van der Waals surface area (Å²) in [6, 6.07) is 0.771. The van der Waals surface area contributed by atoms with Gasteiger partial charge in [-0.3, -0.25) is 4.79 Å². The summed E-state index contributed by atoms with van der Waals surface area (Å²) in [5.74, 6) is 0.193. The molecule has 1 aliphatic heterocycles. The van der Waals surface area contributed by atoms with Crippen LogP contribution in [-0.4, -0.2) is 28.8 Å². The van der Waals surface area contributed by atoms with Gasteiger partial charge < -0.3 is 4.90 Å². The number of hydrogen-bond donors (Lipinski definition) is 0. The molecule has 1 heterocycles. The Morgan fingerprint density at radius 1 is 1.45 bits per heavy atom. The van der Waals surface area contributed by atoms with Crippen LogP contribution in [0, 0.1) is 0 Å². The summed E-state index contributed by atoms with van der Waals surface area (Å²) in [6.45, 7) is 4.15. The van der Waals surface area contributed by atoms with Gasteiger partial charge in [0.15, 0.2) is 0 Å². The van der Waals surface area contributed by atoms with E-state index in [1.54, 1.807) is 0 Å². The Morgan fingerprint density at radius 3 is 2.27 bits per heavy atom. The van der Waals surface area contributed by atoms with Crippen molar-refractivity contribution in [3.63, 3.8) is 0 Å². The number of amides is 1. The van der Waals surface area contributed by atoms with Gasteiger partial charge in [-0.15, -0.1) is 11.6 Å². The number of rotatable bonds is 1. The summed E-state index contributed by atoms with van der Waals surface area (Å²) in [6.07, 6.45) is 2.23. The van der Waals surface area contributed by atoms with Gasteiger partial charge in [0.25, 0.3) is 0 Å². The predicted molar refractivity (Wildman–Crippen MR) is 45.7 cm³/mol. The minimum atomic E-state index is 0.0733. The first kappa shape index (κ1) is 8.85. The molecular weight excluding hydrogens is 162 g/mol. The van der Waals surface area contributed by atoms with E-state index in [1.165, 1.54) is 0 Å². The third kappa shape index (κ3) is 1.67. The summed E-state index contributed by atoms with van der Waals surface area (Å²) in [4.78, 5) is 13.1. The zero-order chi connectivity index (χ0) is 8.43. The highest BCUT2D eigenvalue weighted by molar-refractivity contribution is 6.27. The Bertz CT molecular complexity index is 150. The number of carbonyl (C=O) groups excluding carboxylic acids is 1. The lowest BCUT2D eigenvalue weighted by Gasteiger charge is -2.25. The fourth-order valence-corrected chi connectivity index (χ4v) is 1.89. The van der Waals surface area contributed by atoms with Crippen molar-refractivity contribution in [3.05, 3.63) is 0 Å². The van der Waals surface area contributed by atoms with Gasteiger partial charge in [-0.2, -0.15) is 0 Å². The maximum atomic E-state index is 11.2. The third-order valence-electron chi connectivity index (χ3n) is 2.35. The molecule has 0 spiro atoms. The molecule has 0 N–H and O–H groups in total. The molecule has 2 unspecified atom stereocenters. The van der Waals surface area contributed by atoms with Gasteiger partial charge in [0.05, 0.1) is 0 Å². The molecule has 2 nitrogen and oxygen atoms in total. The Labute approximate surface area is 72.5 Å². The molecule has 1 fully saturated rings. The van der Waals surface area contributed by atoms with Crippen molar-refractivity contribution in [2.75, 3.05) is 5.88 Å². The molecule has 1 saturated heterocycles. The lowest BCUT2D eigenvalue weighted by atomic mass is 10.2.